The third kappa shape index (κ3) is 2.00. The Bertz CT molecular complexity index is 633. The van der Waals surface area contributed by atoms with E-state index in [1.807, 2.05) is 0 Å². The van der Waals surface area contributed by atoms with Gasteiger partial charge in [-0.1, -0.05) is 37.1 Å². The molecule has 3 saturated carbocycles. The van der Waals surface area contributed by atoms with E-state index in [0.717, 1.165) is 25.7 Å². The van der Waals surface area contributed by atoms with Crippen molar-refractivity contribution in [3.05, 3.63) is 23.3 Å². The van der Waals surface area contributed by atoms with Crippen LogP contribution in [0.1, 0.15) is 59.3 Å². The summed E-state index contributed by atoms with van der Waals surface area (Å²) in [7, 11) is 0. The molecule has 0 bridgehead atoms. The second-order valence-electron chi connectivity index (χ2n) is 9.14. The first-order valence-corrected chi connectivity index (χ1v) is 9.56. The van der Waals surface area contributed by atoms with E-state index in [1.165, 1.54) is 11.1 Å². The third-order valence-corrected chi connectivity index (χ3v) is 8.14. The SMILES string of the molecule is CC(=O)[C@H]1CC[C@H]2C3=CC=C4C[C@@H](O)C[C@H](O)[C@]4(C)[C@H]3CC[C@]12C. The summed E-state index contributed by atoms with van der Waals surface area (Å²) in [5.41, 5.74) is 2.54. The van der Waals surface area contributed by atoms with Gasteiger partial charge in [-0.2, -0.15) is 0 Å². The van der Waals surface area contributed by atoms with E-state index in [9.17, 15) is 15.0 Å². The van der Waals surface area contributed by atoms with Gasteiger partial charge in [-0.25, -0.2) is 0 Å². The molecule has 0 aromatic rings. The van der Waals surface area contributed by atoms with Crippen LogP contribution < -0.4 is 0 Å². The van der Waals surface area contributed by atoms with E-state index in [-0.39, 0.29) is 16.7 Å². The molecule has 4 aliphatic carbocycles. The highest BCUT2D eigenvalue weighted by atomic mass is 16.3. The van der Waals surface area contributed by atoms with Gasteiger partial charge in [0.05, 0.1) is 12.2 Å². The summed E-state index contributed by atoms with van der Waals surface area (Å²) in [4.78, 5) is 12.1. The van der Waals surface area contributed by atoms with Gasteiger partial charge in [0.2, 0.25) is 0 Å². The monoisotopic (exact) mass is 330 g/mol. The van der Waals surface area contributed by atoms with Gasteiger partial charge in [-0.05, 0) is 56.3 Å². The van der Waals surface area contributed by atoms with Gasteiger partial charge >= 0.3 is 0 Å². The molecule has 0 unspecified atom stereocenters. The topological polar surface area (TPSA) is 57.5 Å². The number of aliphatic hydroxyl groups excluding tert-OH is 2. The molecule has 0 heterocycles. The minimum absolute atomic E-state index is 0.0923. The molecule has 7 atom stereocenters. The van der Waals surface area contributed by atoms with Crippen LogP contribution in [0, 0.1) is 28.6 Å². The Hall–Kier alpha value is -0.930. The molecular formula is C21H30O3. The summed E-state index contributed by atoms with van der Waals surface area (Å²) < 4.78 is 0. The van der Waals surface area contributed by atoms with Crippen molar-refractivity contribution in [1.29, 1.82) is 0 Å². The molecule has 0 radical (unpaired) electrons. The molecule has 3 heteroatoms. The van der Waals surface area contributed by atoms with Crippen molar-refractivity contribution < 1.29 is 15.0 Å². The van der Waals surface area contributed by atoms with Gasteiger partial charge in [0, 0.05) is 17.8 Å². The molecule has 24 heavy (non-hydrogen) atoms. The van der Waals surface area contributed by atoms with E-state index in [1.54, 1.807) is 6.92 Å². The fourth-order valence-electron chi connectivity index (χ4n) is 6.72. The maximum Gasteiger partial charge on any atom is 0.133 e. The normalized spacial score (nSPS) is 50.3. The summed E-state index contributed by atoms with van der Waals surface area (Å²) in [5.74, 6) is 1.38. The van der Waals surface area contributed by atoms with Crippen LogP contribution in [0.15, 0.2) is 23.3 Å². The van der Waals surface area contributed by atoms with E-state index in [4.69, 9.17) is 0 Å². The second kappa shape index (κ2) is 5.28. The van der Waals surface area contributed by atoms with E-state index in [0.29, 0.717) is 30.5 Å². The molecule has 3 fully saturated rings. The summed E-state index contributed by atoms with van der Waals surface area (Å²) in [6.45, 7) is 6.27. The maximum absolute atomic E-state index is 12.1. The zero-order chi connectivity index (χ0) is 17.3. The summed E-state index contributed by atoms with van der Waals surface area (Å²) in [6.07, 6.45) is 8.94. The quantitative estimate of drug-likeness (QED) is 0.775. The number of ketones is 1. The minimum atomic E-state index is -0.476. The highest BCUT2D eigenvalue weighted by molar-refractivity contribution is 5.79. The van der Waals surface area contributed by atoms with Crippen molar-refractivity contribution in [3.8, 4) is 0 Å². The largest absolute Gasteiger partial charge is 0.393 e. The summed E-state index contributed by atoms with van der Waals surface area (Å²) in [6, 6.07) is 0. The van der Waals surface area contributed by atoms with Crippen LogP contribution in [-0.2, 0) is 4.79 Å². The molecule has 0 saturated heterocycles. The van der Waals surface area contributed by atoms with Gasteiger partial charge in [0.15, 0.2) is 0 Å². The van der Waals surface area contributed by atoms with Gasteiger partial charge in [-0.3, -0.25) is 4.79 Å². The second-order valence-corrected chi connectivity index (χ2v) is 9.14. The summed E-state index contributed by atoms with van der Waals surface area (Å²) in [5, 5.41) is 20.9. The number of carbonyl (C=O) groups is 1. The van der Waals surface area contributed by atoms with E-state index in [2.05, 4.69) is 26.0 Å². The van der Waals surface area contributed by atoms with Crippen molar-refractivity contribution in [3.63, 3.8) is 0 Å². The lowest BCUT2D eigenvalue weighted by Crippen LogP contribution is -2.52. The number of aliphatic hydroxyl groups is 2. The average molecular weight is 330 g/mol. The Kier molecular flexibility index (Phi) is 3.64. The molecule has 0 aromatic carbocycles. The molecule has 2 N–H and O–H groups in total. The number of hydrogen-bond acceptors (Lipinski definition) is 3. The van der Waals surface area contributed by atoms with Gasteiger partial charge < -0.3 is 10.2 Å². The number of allylic oxidation sites excluding steroid dienone is 3. The van der Waals surface area contributed by atoms with Crippen LogP contribution in [0.25, 0.3) is 0 Å². The van der Waals surface area contributed by atoms with Crippen molar-refractivity contribution in [1.82, 2.24) is 0 Å². The summed E-state index contributed by atoms with van der Waals surface area (Å²) >= 11 is 0. The lowest BCUT2D eigenvalue weighted by atomic mass is 9.49. The molecule has 132 valence electrons. The van der Waals surface area contributed by atoms with E-state index < -0.39 is 12.2 Å². The standard InChI is InChI=1S/C21H30O3/c1-12(22)16-6-7-17-15-5-4-13-10-14(23)11-19(24)21(13,3)18(15)8-9-20(16,17)2/h4-5,14,16-19,23-24H,6-11H2,1-3H3/t14-,16-,17+,18+,19+,20-,21+/m1/s1. The van der Waals surface area contributed by atoms with Crippen LogP contribution in [0.4, 0.5) is 0 Å². The Morgan fingerprint density at radius 1 is 1.12 bits per heavy atom. The Balaban J connectivity index is 1.74. The first kappa shape index (κ1) is 16.5. The molecule has 4 aliphatic rings. The van der Waals surface area contributed by atoms with Gasteiger partial charge in [0.1, 0.15) is 5.78 Å². The first-order chi connectivity index (χ1) is 11.3. The van der Waals surface area contributed by atoms with Crippen LogP contribution in [0.5, 0.6) is 0 Å². The van der Waals surface area contributed by atoms with Crippen LogP contribution in [0.2, 0.25) is 0 Å². The Labute approximate surface area is 144 Å². The first-order valence-electron chi connectivity index (χ1n) is 9.56. The van der Waals surface area contributed by atoms with Crippen LogP contribution in [0.3, 0.4) is 0 Å². The highest BCUT2D eigenvalue weighted by Gasteiger charge is 2.58. The van der Waals surface area contributed by atoms with E-state index >= 15 is 0 Å². The molecule has 0 spiro atoms. The molecule has 4 rings (SSSR count). The molecule has 0 aromatic heterocycles. The predicted octanol–water partition coefficient (Wildman–Crippen LogP) is 3.41. The molecule has 3 nitrogen and oxygen atoms in total. The molecule has 0 amide bonds. The smallest absolute Gasteiger partial charge is 0.133 e. The zero-order valence-corrected chi connectivity index (χ0v) is 15.1. The predicted molar refractivity (Wildman–Crippen MR) is 93.2 cm³/mol. The highest BCUT2D eigenvalue weighted by Crippen LogP contribution is 2.64. The van der Waals surface area contributed by atoms with Crippen molar-refractivity contribution >= 4 is 5.78 Å². The van der Waals surface area contributed by atoms with Crippen LogP contribution in [-0.4, -0.2) is 28.2 Å². The molecule has 0 aliphatic heterocycles. The van der Waals surface area contributed by atoms with Gasteiger partial charge in [-0.15, -0.1) is 0 Å². The van der Waals surface area contributed by atoms with Crippen molar-refractivity contribution in [2.24, 2.45) is 28.6 Å². The number of carbonyl (C=O) groups excluding carboxylic acids is 1. The number of fused-ring (bicyclic) bond motifs is 5. The third-order valence-electron chi connectivity index (χ3n) is 8.14. The molecular weight excluding hydrogens is 300 g/mol. The Morgan fingerprint density at radius 2 is 1.88 bits per heavy atom. The minimum Gasteiger partial charge on any atom is -0.393 e. The van der Waals surface area contributed by atoms with Crippen LogP contribution >= 0.6 is 0 Å². The lowest BCUT2D eigenvalue weighted by Gasteiger charge is -2.56. The Morgan fingerprint density at radius 3 is 2.58 bits per heavy atom. The number of rotatable bonds is 1. The number of hydrogen-bond donors (Lipinski definition) is 2. The number of Topliss-reactive ketones (excluding diaryl/α,β-unsaturated/α-hetero) is 1. The van der Waals surface area contributed by atoms with Gasteiger partial charge in [0.25, 0.3) is 0 Å². The van der Waals surface area contributed by atoms with Crippen molar-refractivity contribution in [2.75, 3.05) is 0 Å². The average Bonchev–Trinajstić information content (AvgIpc) is 2.86. The maximum atomic E-state index is 12.1. The van der Waals surface area contributed by atoms with Crippen molar-refractivity contribution in [2.45, 2.75) is 71.5 Å². The lowest BCUT2D eigenvalue weighted by molar-refractivity contribution is -0.125. The zero-order valence-electron chi connectivity index (χ0n) is 15.1. The fraction of sp³-hybridized carbons (Fsp3) is 0.762. The fourth-order valence-corrected chi connectivity index (χ4v) is 6.72.